The van der Waals surface area contributed by atoms with Crippen LogP contribution in [-0.4, -0.2) is 287 Å². The highest BCUT2D eigenvalue weighted by atomic mass is 16.2. The smallest absolute Gasteiger partial charge is 0.245 e. The van der Waals surface area contributed by atoms with Gasteiger partial charge in [-0.05, 0) is 201 Å². The summed E-state index contributed by atoms with van der Waals surface area (Å²) in [6, 6.07) is -19.1. The van der Waals surface area contributed by atoms with E-state index in [1.54, 1.807) is 0 Å². The van der Waals surface area contributed by atoms with E-state index < -0.39 is 191 Å². The maximum absolute atomic E-state index is 15.3. The van der Waals surface area contributed by atoms with E-state index in [4.69, 9.17) is 57.3 Å². The van der Waals surface area contributed by atoms with E-state index in [9.17, 15) is 62.3 Å². The van der Waals surface area contributed by atoms with Gasteiger partial charge in [-0.3, -0.25) is 96.7 Å². The second-order valence-electron chi connectivity index (χ2n) is 40.3. The Morgan fingerprint density at radius 3 is 0.613 bits per heavy atom. The highest BCUT2D eigenvalue weighted by molar-refractivity contribution is 6.02. The predicted octanol–water partition coefficient (Wildman–Crippen LogP) is -2.32. The Morgan fingerprint density at radius 2 is 0.423 bits per heavy atom. The van der Waals surface area contributed by atoms with Crippen LogP contribution in [0.1, 0.15) is 265 Å². The molecule has 16 amide bonds. The summed E-state index contributed by atoms with van der Waals surface area (Å²) < 4.78 is 0. The molecule has 0 spiro atoms. The largest absolute Gasteiger partial charge is 0.370 e. The van der Waals surface area contributed by atoms with Crippen molar-refractivity contribution in [3.63, 3.8) is 0 Å². The molecule has 45 heteroatoms. The molecule has 137 heavy (non-hydrogen) atoms. The fraction of sp³-hybridized carbons (Fsp3) is 0.783. The van der Waals surface area contributed by atoms with Crippen molar-refractivity contribution < 1.29 is 76.7 Å². The Bertz CT molecular complexity index is 4120. The molecule has 0 aliphatic carbocycles. The van der Waals surface area contributed by atoms with Gasteiger partial charge in [0.25, 0.3) is 0 Å². The third kappa shape index (κ3) is 41.4. The van der Waals surface area contributed by atoms with Crippen LogP contribution in [0.3, 0.4) is 0 Å². The van der Waals surface area contributed by atoms with Crippen LogP contribution in [0.4, 0.5) is 0 Å². The van der Waals surface area contributed by atoms with Crippen LogP contribution >= 0.6 is 0 Å². The lowest BCUT2D eigenvalue weighted by Crippen LogP contribution is -2.61. The Labute approximate surface area is 808 Å². The molecule has 776 valence electrons. The minimum absolute atomic E-state index is 0.00211. The van der Waals surface area contributed by atoms with Gasteiger partial charge >= 0.3 is 0 Å². The second kappa shape index (κ2) is 59.0. The first-order valence-electron chi connectivity index (χ1n) is 49.1. The van der Waals surface area contributed by atoms with Crippen molar-refractivity contribution in [3.05, 3.63) is 0 Å². The standard InChI is InChI=1S/C92H167N29O16/c1-49(2)41-57(93)74(123)107-58(25-17-33-103-89(95)96)85(134)119-38-22-30-70(119)82(131)115-66(46-54(11)12)78(127)113-64(44-52(7)8)76(125)109-60(27-19-35-105-91(99)100)87(136)121-40-24-32-72(121)84(133)117-68(48-56(15)16)80(129)114-65(45-53(9)10)77(126)110-61(28-20-36-106-92(101)102)88(137)120-39-23-31-71(120)83(132)116-67(47-55(13)14)79(128)112-63(43-51(5)6)75(124)108-59(26-18-34-104-90(97)98)86(135)118-37-21-29-69(118)81(130)111-62(73(94)122)42-50(3)4/h49-72H,17-48,93H2,1-16H3,(H2,94,122)(H,107,123)(H,108,124)(H,109,125)(H,110,126)(H,111,130)(H,112,128)(H,113,127)(H,114,129)(H,115,131)(H,116,132)(H,117,133)(H4,95,96,103)(H4,97,98,104)(H4,99,100,105)(H4,101,102,106)/t57-,58-,59-,60-,61-,62-,63-,64-,65-,66-,67-,68-,69-,70-,71-,72-/m0/s1. The lowest BCUT2D eigenvalue weighted by Gasteiger charge is -2.32. The van der Waals surface area contributed by atoms with Gasteiger partial charge in [0.2, 0.25) is 94.5 Å². The molecule has 0 aromatic rings. The van der Waals surface area contributed by atoms with Gasteiger partial charge < -0.3 is 135 Å². The second-order valence-corrected chi connectivity index (χ2v) is 40.3. The molecule has 0 bridgehead atoms. The molecule has 16 atom stereocenters. The number of primary amides is 1. The fourth-order valence-electron chi connectivity index (χ4n) is 17.6. The molecule has 0 aromatic heterocycles. The number of carbonyl (C=O) groups excluding carboxylic acids is 16. The Balaban J connectivity index is 1.61. The van der Waals surface area contributed by atoms with E-state index in [-0.39, 0.29) is 239 Å². The Morgan fingerprint density at radius 1 is 0.248 bits per heavy atom. The van der Waals surface area contributed by atoms with Gasteiger partial charge in [0.15, 0.2) is 23.8 Å². The molecule has 0 unspecified atom stereocenters. The van der Waals surface area contributed by atoms with Gasteiger partial charge in [0.05, 0.1) is 6.04 Å². The van der Waals surface area contributed by atoms with Gasteiger partial charge in [0.1, 0.15) is 90.6 Å². The minimum atomic E-state index is -1.36. The minimum Gasteiger partial charge on any atom is -0.370 e. The number of nitrogens with zero attached hydrogens (tertiary/aromatic N) is 8. The number of hydrogen-bond acceptors (Lipinski definition) is 21. The number of likely N-dealkylation sites (tertiary alicyclic amines) is 4. The van der Waals surface area contributed by atoms with E-state index in [2.05, 4.69) is 78.5 Å². The molecule has 0 aromatic carbocycles. The average Bonchev–Trinajstić information content (AvgIpc) is 1.77. The first kappa shape index (κ1) is 118. The van der Waals surface area contributed by atoms with Crippen LogP contribution in [0.5, 0.6) is 0 Å². The third-order valence-corrected chi connectivity index (χ3v) is 24.1. The maximum Gasteiger partial charge on any atom is 0.245 e. The van der Waals surface area contributed by atoms with Crippen molar-refractivity contribution in [2.45, 2.75) is 362 Å². The zero-order valence-electron chi connectivity index (χ0n) is 83.9. The normalized spacial score (nSPS) is 18.6. The number of rotatable bonds is 59. The summed E-state index contributed by atoms with van der Waals surface area (Å²) in [5.74, 6) is -13.0. The van der Waals surface area contributed by atoms with E-state index in [0.29, 0.717) is 38.5 Å². The van der Waals surface area contributed by atoms with Crippen LogP contribution in [0.2, 0.25) is 0 Å². The van der Waals surface area contributed by atoms with Crippen LogP contribution in [0, 0.1) is 47.3 Å². The highest BCUT2D eigenvalue weighted by Crippen LogP contribution is 2.28. The monoisotopic (exact) mass is 1930 g/mol. The molecule has 4 rings (SSSR count). The van der Waals surface area contributed by atoms with Crippen LogP contribution < -0.4 is 116 Å². The third-order valence-electron chi connectivity index (χ3n) is 24.1. The number of nitrogens with one attached hydrogen (secondary N) is 11. The van der Waals surface area contributed by atoms with Crippen molar-refractivity contribution in [2.24, 2.45) is 125 Å². The molecular formula is C92H167N29O16. The molecule has 4 aliphatic rings. The summed E-state index contributed by atoms with van der Waals surface area (Å²) in [7, 11) is 0. The maximum atomic E-state index is 15.3. The van der Waals surface area contributed by atoms with Crippen molar-refractivity contribution >= 4 is 118 Å². The number of hydrogen-bond donors (Lipinski definition) is 21. The molecule has 4 fully saturated rings. The van der Waals surface area contributed by atoms with E-state index >= 15 is 14.4 Å². The van der Waals surface area contributed by atoms with Gasteiger partial charge in [-0.1, -0.05) is 111 Å². The fourth-order valence-corrected chi connectivity index (χ4v) is 17.6. The van der Waals surface area contributed by atoms with Gasteiger partial charge in [0, 0.05) is 52.4 Å². The van der Waals surface area contributed by atoms with Gasteiger partial charge in [-0.15, -0.1) is 0 Å². The molecule has 31 N–H and O–H groups in total. The Kier molecular flexibility index (Phi) is 50.7. The Hall–Kier alpha value is -11.4. The lowest BCUT2D eigenvalue weighted by molar-refractivity contribution is -0.143. The zero-order chi connectivity index (χ0) is 103. The molecule has 0 radical (unpaired) electrons. The molecule has 45 nitrogen and oxygen atoms in total. The quantitative estimate of drug-likeness (QED) is 0.0173. The van der Waals surface area contributed by atoms with Crippen molar-refractivity contribution in [2.75, 3.05) is 52.4 Å². The summed E-state index contributed by atoms with van der Waals surface area (Å²) in [5.41, 5.74) is 57.1. The summed E-state index contributed by atoms with van der Waals surface area (Å²) >= 11 is 0. The summed E-state index contributed by atoms with van der Waals surface area (Å²) in [5, 5.41) is 31.2. The molecular weight excluding hydrogens is 1770 g/mol. The first-order valence-corrected chi connectivity index (χ1v) is 49.1. The van der Waals surface area contributed by atoms with Crippen molar-refractivity contribution in [1.29, 1.82) is 0 Å². The first-order chi connectivity index (χ1) is 64.3. The van der Waals surface area contributed by atoms with Crippen LogP contribution in [0.25, 0.3) is 0 Å². The average molecular weight is 1940 g/mol. The van der Waals surface area contributed by atoms with Crippen LogP contribution in [-0.2, 0) is 76.7 Å². The van der Waals surface area contributed by atoms with E-state index in [0.717, 1.165) is 0 Å². The van der Waals surface area contributed by atoms with Gasteiger partial charge in [-0.25, -0.2) is 0 Å². The van der Waals surface area contributed by atoms with Crippen LogP contribution in [0.15, 0.2) is 20.0 Å². The molecule has 4 saturated heterocycles. The number of aliphatic imine (C=N–C) groups is 4. The summed E-state index contributed by atoms with van der Waals surface area (Å²) in [4.78, 5) is 255. The van der Waals surface area contributed by atoms with Crippen molar-refractivity contribution in [3.8, 4) is 0 Å². The molecule has 0 saturated carbocycles. The molecule has 4 aliphatic heterocycles. The zero-order valence-corrected chi connectivity index (χ0v) is 83.9. The highest BCUT2D eigenvalue weighted by Gasteiger charge is 2.47. The lowest BCUT2D eigenvalue weighted by atomic mass is 9.98. The summed E-state index contributed by atoms with van der Waals surface area (Å²) in [6.07, 6.45) is 4.01. The topological polar surface area (TPSA) is 728 Å². The van der Waals surface area contributed by atoms with E-state index in [1.165, 1.54) is 19.6 Å². The SMILES string of the molecule is CC(C)C[C@H](NC(=O)[C@@H]1CCCN1C(=O)[C@H](CCCN=C(N)N)NC(=O)[C@H](CC(C)C)NC(=O)[C@H](CC(C)C)NC(=O)[C@@H]1CCCN1C(=O)[C@H](CCCN=C(N)N)NC(=O)[C@H](CC(C)C)NC(=O)[C@H](CC(C)C)NC(=O)[C@@H]1CCCN1C(=O)[C@H](CCCN=C(N)N)NC(=O)[C@H](CC(C)C)NC(=O)[C@H](CC(C)C)NC(=O)[C@@H]1CCCN1C(=O)[C@H](CCCN=C(N)N)NC(=O)[C@@H](N)CC(C)C)C(N)=O. The summed E-state index contributed by atoms with van der Waals surface area (Å²) in [6.45, 7) is 30.2. The number of amides is 16. The van der Waals surface area contributed by atoms with E-state index in [1.807, 2.05) is 111 Å². The number of carbonyl (C=O) groups is 16. The number of guanidine groups is 4. The van der Waals surface area contributed by atoms with Gasteiger partial charge in [-0.2, -0.15) is 0 Å². The number of nitrogens with two attached hydrogens (primary N) is 10. The molecule has 4 heterocycles. The van der Waals surface area contributed by atoms with Crippen molar-refractivity contribution in [1.82, 2.24) is 78.1 Å². The predicted molar refractivity (Wildman–Crippen MR) is 523 cm³/mol.